The minimum absolute atomic E-state index is 0.316. The summed E-state index contributed by atoms with van der Waals surface area (Å²) in [5, 5.41) is 8.91. The smallest absolute Gasteiger partial charge is 0.335 e. The molecule has 39 heavy (non-hydrogen) atoms. The highest BCUT2D eigenvalue weighted by atomic mass is 16.4. The molecule has 230 valence electrons. The van der Waals surface area contributed by atoms with Crippen molar-refractivity contribution in [3.8, 4) is 0 Å². The van der Waals surface area contributed by atoms with Gasteiger partial charge in [-0.3, -0.25) is 0 Å². The normalized spacial score (nSPS) is 8.72. The van der Waals surface area contributed by atoms with Crippen molar-refractivity contribution in [1.29, 1.82) is 0 Å². The maximum Gasteiger partial charge on any atom is 0.335 e. The second-order valence-electron chi connectivity index (χ2n) is 7.32. The van der Waals surface area contributed by atoms with E-state index in [0.717, 1.165) is 36.8 Å². The first-order valence-electron chi connectivity index (χ1n) is 15.1. The molecule has 2 nitrogen and oxygen atoms in total. The minimum atomic E-state index is -0.896. The standard InChI is InChI=1S/C12H18O2.C9H12.C5H10.C3H6.4C2H6/c1-5-9(3)7-11(12(13)14)8-10(4)6-2;1-3-9-6-4-8(2)5-7-9;1-4-5(2)3;1-3-2;4*1-2/h7-8H,3,5-6H2,1-2,4H3,(H,13,14);4-7H,3H2,1-2H3;2,4H2,1,3H3;3H,1H2,2H3;4*1-2H3/b10-8+,11-7+;;;;;;;. The topological polar surface area (TPSA) is 37.3 Å². The quantitative estimate of drug-likeness (QED) is 0.210. The Balaban J connectivity index is -0.0000000705. The molecule has 0 heterocycles. The van der Waals surface area contributed by atoms with Crippen molar-refractivity contribution in [2.45, 2.75) is 136 Å². The summed E-state index contributed by atoms with van der Waals surface area (Å²) in [6.07, 6.45) is 8.96. The number of aryl methyl sites for hydroxylation is 2. The number of hydrogen-bond acceptors (Lipinski definition) is 1. The Morgan fingerprint density at radius 1 is 0.769 bits per heavy atom. The lowest BCUT2D eigenvalue weighted by Gasteiger charge is -1.99. The summed E-state index contributed by atoms with van der Waals surface area (Å²) in [6, 6.07) is 8.66. The molecule has 0 aromatic heterocycles. The Morgan fingerprint density at radius 2 is 1.13 bits per heavy atom. The molecular formula is C37H70O2. The van der Waals surface area contributed by atoms with E-state index < -0.39 is 5.97 Å². The first-order chi connectivity index (χ1) is 18.5. The number of carbonyl (C=O) groups is 1. The number of carboxylic acid groups (broad SMARTS) is 1. The van der Waals surface area contributed by atoms with Crippen molar-refractivity contribution in [2.75, 3.05) is 0 Å². The molecule has 0 radical (unpaired) electrons. The lowest BCUT2D eigenvalue weighted by atomic mass is 10.1. The second-order valence-corrected chi connectivity index (χ2v) is 7.32. The predicted octanol–water partition coefficient (Wildman–Crippen LogP) is 13.1. The highest BCUT2D eigenvalue weighted by Gasteiger charge is 2.04. The molecule has 0 aliphatic carbocycles. The van der Waals surface area contributed by atoms with E-state index in [4.69, 9.17) is 5.11 Å². The number of aliphatic carboxylic acids is 1. The van der Waals surface area contributed by atoms with Gasteiger partial charge in [-0.15, -0.1) is 13.2 Å². The third-order valence-electron chi connectivity index (χ3n) is 4.15. The van der Waals surface area contributed by atoms with Crippen molar-refractivity contribution in [2.24, 2.45) is 0 Å². The van der Waals surface area contributed by atoms with Gasteiger partial charge in [-0.05, 0) is 71.1 Å². The summed E-state index contributed by atoms with van der Waals surface area (Å²) in [5.41, 5.74) is 6.22. The number of rotatable bonds is 7. The van der Waals surface area contributed by atoms with Crippen LogP contribution in [0.1, 0.15) is 134 Å². The summed E-state index contributed by atoms with van der Waals surface area (Å²) in [5.74, 6) is -0.896. The summed E-state index contributed by atoms with van der Waals surface area (Å²) in [6.45, 7) is 43.0. The first kappa shape index (κ1) is 52.8. The summed E-state index contributed by atoms with van der Waals surface area (Å²) < 4.78 is 0. The van der Waals surface area contributed by atoms with Gasteiger partial charge in [0.15, 0.2) is 0 Å². The SMILES string of the molecule is C=C(/C=C(\C=C(/C)CC)C(=O)O)CC.C=C(C)CC.C=CC.CC.CC.CC.CC.CCc1ccc(C)cc1. The summed E-state index contributed by atoms with van der Waals surface area (Å²) in [7, 11) is 0. The summed E-state index contributed by atoms with van der Waals surface area (Å²) in [4.78, 5) is 10.8. The molecule has 0 fully saturated rings. The van der Waals surface area contributed by atoms with Crippen LogP contribution in [0, 0.1) is 6.92 Å². The van der Waals surface area contributed by atoms with Crippen LogP contribution in [0.15, 0.2) is 84.5 Å². The third kappa shape index (κ3) is 52.6. The van der Waals surface area contributed by atoms with E-state index in [1.807, 2.05) is 90.0 Å². The number of allylic oxidation sites excluding steroid dienone is 5. The van der Waals surface area contributed by atoms with Gasteiger partial charge in [-0.2, -0.15) is 0 Å². The Hall–Kier alpha value is -2.61. The lowest BCUT2D eigenvalue weighted by Crippen LogP contribution is -1.99. The number of carboxylic acids is 1. The highest BCUT2D eigenvalue weighted by molar-refractivity contribution is 5.90. The van der Waals surface area contributed by atoms with Crippen LogP contribution in [0.3, 0.4) is 0 Å². The van der Waals surface area contributed by atoms with Crippen LogP contribution in [0.2, 0.25) is 0 Å². The van der Waals surface area contributed by atoms with E-state index >= 15 is 0 Å². The van der Waals surface area contributed by atoms with E-state index in [2.05, 4.69) is 64.8 Å². The molecule has 0 aliphatic heterocycles. The highest BCUT2D eigenvalue weighted by Crippen LogP contribution is 2.10. The molecule has 0 saturated heterocycles. The molecule has 1 rings (SSSR count). The van der Waals surface area contributed by atoms with Crippen LogP contribution in [0.4, 0.5) is 0 Å². The van der Waals surface area contributed by atoms with Gasteiger partial charge in [0.25, 0.3) is 0 Å². The zero-order valence-electron chi connectivity index (χ0n) is 29.3. The Morgan fingerprint density at radius 3 is 1.36 bits per heavy atom. The molecule has 2 heteroatoms. The Kier molecular flexibility index (Phi) is 65.6. The van der Waals surface area contributed by atoms with E-state index in [1.165, 1.54) is 16.7 Å². The van der Waals surface area contributed by atoms with Crippen LogP contribution >= 0.6 is 0 Å². The molecule has 0 amide bonds. The average Bonchev–Trinajstić information content (AvgIpc) is 2.98. The monoisotopic (exact) mass is 547 g/mol. The van der Waals surface area contributed by atoms with Gasteiger partial charge >= 0.3 is 5.97 Å². The van der Waals surface area contributed by atoms with Gasteiger partial charge in [0.05, 0.1) is 5.57 Å². The first-order valence-corrected chi connectivity index (χ1v) is 15.1. The molecule has 0 atom stereocenters. The van der Waals surface area contributed by atoms with Crippen LogP contribution in [-0.4, -0.2) is 11.1 Å². The Labute approximate surface area is 247 Å². The van der Waals surface area contributed by atoms with E-state index in [0.29, 0.717) is 5.57 Å². The van der Waals surface area contributed by atoms with Gasteiger partial charge in [0.1, 0.15) is 0 Å². The van der Waals surface area contributed by atoms with Crippen LogP contribution < -0.4 is 0 Å². The van der Waals surface area contributed by atoms with Crippen molar-refractivity contribution in [3.63, 3.8) is 0 Å². The van der Waals surface area contributed by atoms with Crippen molar-refractivity contribution in [3.05, 3.63) is 95.6 Å². The van der Waals surface area contributed by atoms with Crippen molar-refractivity contribution < 1.29 is 9.90 Å². The lowest BCUT2D eigenvalue weighted by molar-refractivity contribution is -0.132. The molecule has 0 bridgehead atoms. The Bertz CT molecular complexity index is 701. The van der Waals surface area contributed by atoms with E-state index in [1.54, 1.807) is 18.2 Å². The maximum atomic E-state index is 10.8. The maximum absolute atomic E-state index is 10.8. The molecule has 0 aliphatic rings. The molecule has 1 aromatic carbocycles. The fourth-order valence-electron chi connectivity index (χ4n) is 1.68. The number of hydrogen-bond donors (Lipinski definition) is 1. The predicted molar refractivity (Wildman–Crippen MR) is 186 cm³/mol. The van der Waals surface area contributed by atoms with E-state index in [-0.39, 0.29) is 0 Å². The molecule has 1 aromatic rings. The van der Waals surface area contributed by atoms with Gasteiger partial charge in [0.2, 0.25) is 0 Å². The molecule has 0 saturated carbocycles. The number of benzene rings is 1. The van der Waals surface area contributed by atoms with Crippen molar-refractivity contribution in [1.82, 2.24) is 0 Å². The molecule has 1 N–H and O–H groups in total. The van der Waals surface area contributed by atoms with Gasteiger partial charge < -0.3 is 5.11 Å². The average molecular weight is 547 g/mol. The molecule has 0 unspecified atom stereocenters. The largest absolute Gasteiger partial charge is 0.478 e. The van der Waals surface area contributed by atoms with Crippen molar-refractivity contribution >= 4 is 5.97 Å². The second kappa shape index (κ2) is 48.5. The third-order valence-corrected chi connectivity index (χ3v) is 4.15. The molecule has 0 spiro atoms. The van der Waals surface area contributed by atoms with Crippen LogP contribution in [0.5, 0.6) is 0 Å². The zero-order chi connectivity index (χ0) is 32.8. The minimum Gasteiger partial charge on any atom is -0.478 e. The van der Waals surface area contributed by atoms with Crippen LogP contribution in [-0.2, 0) is 11.2 Å². The fraction of sp³-hybridized carbons (Fsp3) is 0.541. The van der Waals surface area contributed by atoms with Gasteiger partial charge in [0, 0.05) is 0 Å². The zero-order valence-corrected chi connectivity index (χ0v) is 29.3. The van der Waals surface area contributed by atoms with Crippen LogP contribution in [0.25, 0.3) is 0 Å². The van der Waals surface area contributed by atoms with E-state index in [9.17, 15) is 4.79 Å². The fourth-order valence-corrected chi connectivity index (χ4v) is 1.68. The van der Waals surface area contributed by atoms with Gasteiger partial charge in [-0.1, -0.05) is 142 Å². The summed E-state index contributed by atoms with van der Waals surface area (Å²) >= 11 is 0. The molecular weight excluding hydrogens is 476 g/mol. The van der Waals surface area contributed by atoms with Gasteiger partial charge in [-0.25, -0.2) is 4.79 Å².